The van der Waals surface area contributed by atoms with E-state index in [2.05, 4.69) is 26.5 Å². The zero-order valence-corrected chi connectivity index (χ0v) is 14.1. The number of hydrazine groups is 1. The second-order valence-electron chi connectivity index (χ2n) is 4.92. The Morgan fingerprint density at radius 1 is 1.45 bits per heavy atom. The van der Waals surface area contributed by atoms with E-state index < -0.39 is 0 Å². The van der Waals surface area contributed by atoms with Gasteiger partial charge >= 0.3 is 0 Å². The normalized spacial score (nSPS) is 12.7. The van der Waals surface area contributed by atoms with Gasteiger partial charge < -0.3 is 0 Å². The van der Waals surface area contributed by atoms with E-state index in [1.165, 1.54) is 0 Å². The molecule has 0 radical (unpaired) electrons. The molecule has 4 nitrogen and oxygen atoms in total. The summed E-state index contributed by atoms with van der Waals surface area (Å²) in [6, 6.07) is 5.94. The molecule has 1 aromatic carbocycles. The quantitative estimate of drug-likeness (QED) is 0.652. The van der Waals surface area contributed by atoms with Gasteiger partial charge in [-0.25, -0.2) is 0 Å². The molecule has 1 aromatic heterocycles. The minimum absolute atomic E-state index is 0.0609. The van der Waals surface area contributed by atoms with E-state index in [1.807, 2.05) is 43.8 Å². The summed E-state index contributed by atoms with van der Waals surface area (Å²) in [4.78, 5) is 0. The van der Waals surface area contributed by atoms with Crippen LogP contribution in [0.4, 0.5) is 0 Å². The molecule has 2 rings (SSSR count). The average Bonchev–Trinajstić information content (AvgIpc) is 2.62. The number of nitrogens with two attached hydrogens (primary N) is 1. The number of aryl methyl sites for hydroxylation is 3. The third-order valence-corrected chi connectivity index (χ3v) is 4.75. The van der Waals surface area contributed by atoms with Gasteiger partial charge in [0.05, 0.1) is 21.9 Å². The van der Waals surface area contributed by atoms with Crippen LogP contribution >= 0.6 is 27.5 Å². The molecule has 20 heavy (non-hydrogen) atoms. The number of nitrogens with zero attached hydrogens (tertiary/aromatic N) is 2. The molecule has 6 heteroatoms. The van der Waals surface area contributed by atoms with Crippen molar-refractivity contribution in [3.63, 3.8) is 0 Å². The molecular weight excluding hydrogens is 340 g/mol. The summed E-state index contributed by atoms with van der Waals surface area (Å²) in [6.07, 6.45) is 0.706. The van der Waals surface area contributed by atoms with Gasteiger partial charge in [-0.05, 0) is 47.0 Å². The molecule has 1 unspecified atom stereocenters. The van der Waals surface area contributed by atoms with Crippen LogP contribution in [0.1, 0.15) is 28.6 Å². The van der Waals surface area contributed by atoms with Gasteiger partial charge in [-0.15, -0.1) is 0 Å². The molecule has 0 bridgehead atoms. The zero-order valence-electron chi connectivity index (χ0n) is 11.7. The summed E-state index contributed by atoms with van der Waals surface area (Å²) in [5.41, 5.74) is 7.02. The lowest BCUT2D eigenvalue weighted by atomic mass is 10.0. The lowest BCUT2D eigenvalue weighted by molar-refractivity contribution is 0.529. The van der Waals surface area contributed by atoms with Gasteiger partial charge in [0, 0.05) is 18.5 Å². The highest BCUT2D eigenvalue weighted by Crippen LogP contribution is 2.29. The van der Waals surface area contributed by atoms with Crippen molar-refractivity contribution in [2.45, 2.75) is 26.3 Å². The SMILES string of the molecule is Cc1ccc(C(Cc2c(Br)c(C)nn2C)NN)c(Cl)c1. The van der Waals surface area contributed by atoms with E-state index in [1.54, 1.807) is 0 Å². The number of hydrogen-bond acceptors (Lipinski definition) is 3. The summed E-state index contributed by atoms with van der Waals surface area (Å²) in [5, 5.41) is 5.12. The summed E-state index contributed by atoms with van der Waals surface area (Å²) >= 11 is 9.90. The molecule has 0 aliphatic rings. The van der Waals surface area contributed by atoms with E-state index in [0.717, 1.165) is 32.0 Å². The van der Waals surface area contributed by atoms with Crippen LogP contribution < -0.4 is 11.3 Å². The second kappa shape index (κ2) is 6.26. The van der Waals surface area contributed by atoms with Crippen molar-refractivity contribution >= 4 is 27.5 Å². The van der Waals surface area contributed by atoms with Crippen LogP contribution in [0.3, 0.4) is 0 Å². The molecule has 3 N–H and O–H groups in total. The van der Waals surface area contributed by atoms with Crippen molar-refractivity contribution in [3.05, 3.63) is 50.2 Å². The highest BCUT2D eigenvalue weighted by atomic mass is 79.9. The lowest BCUT2D eigenvalue weighted by Crippen LogP contribution is -2.30. The van der Waals surface area contributed by atoms with E-state index in [4.69, 9.17) is 17.4 Å². The number of benzene rings is 1. The van der Waals surface area contributed by atoms with Crippen molar-refractivity contribution in [1.29, 1.82) is 0 Å². The molecular formula is C14H18BrClN4. The predicted octanol–water partition coefficient (Wildman–Crippen LogP) is 3.20. The Hall–Kier alpha value is -0.880. The minimum atomic E-state index is -0.0609. The molecule has 1 atom stereocenters. The topological polar surface area (TPSA) is 55.9 Å². The highest BCUT2D eigenvalue weighted by Gasteiger charge is 2.19. The molecule has 0 amide bonds. The molecule has 0 aliphatic heterocycles. The van der Waals surface area contributed by atoms with Crippen LogP contribution in [0.25, 0.3) is 0 Å². The van der Waals surface area contributed by atoms with E-state index in [9.17, 15) is 0 Å². The summed E-state index contributed by atoms with van der Waals surface area (Å²) in [5.74, 6) is 5.71. The van der Waals surface area contributed by atoms with Crippen LogP contribution in [0.2, 0.25) is 5.02 Å². The van der Waals surface area contributed by atoms with Gasteiger partial charge in [-0.3, -0.25) is 16.0 Å². The maximum absolute atomic E-state index is 6.32. The molecule has 0 fully saturated rings. The molecule has 1 heterocycles. The highest BCUT2D eigenvalue weighted by molar-refractivity contribution is 9.10. The van der Waals surface area contributed by atoms with Crippen LogP contribution in [-0.4, -0.2) is 9.78 Å². The van der Waals surface area contributed by atoms with Gasteiger partial charge in [-0.1, -0.05) is 23.7 Å². The van der Waals surface area contributed by atoms with Gasteiger partial charge in [0.2, 0.25) is 0 Å². The Morgan fingerprint density at radius 2 is 2.15 bits per heavy atom. The Kier molecular flexibility index (Phi) is 4.86. The van der Waals surface area contributed by atoms with Gasteiger partial charge in [0.25, 0.3) is 0 Å². The Labute approximate surface area is 132 Å². The Balaban J connectivity index is 2.33. The number of halogens is 2. The largest absolute Gasteiger partial charge is 0.271 e. The van der Waals surface area contributed by atoms with E-state index in [0.29, 0.717) is 6.42 Å². The molecule has 0 saturated heterocycles. The maximum atomic E-state index is 6.32. The Morgan fingerprint density at radius 3 is 2.65 bits per heavy atom. The van der Waals surface area contributed by atoms with Crippen molar-refractivity contribution < 1.29 is 0 Å². The van der Waals surface area contributed by atoms with Crippen molar-refractivity contribution in [2.24, 2.45) is 12.9 Å². The van der Waals surface area contributed by atoms with Crippen LogP contribution in [0.15, 0.2) is 22.7 Å². The average molecular weight is 358 g/mol. The standard InChI is InChI=1S/C14H18BrClN4/c1-8-4-5-10(11(16)6-8)12(18-17)7-13-14(15)9(2)19-20(13)3/h4-6,12,18H,7,17H2,1-3H3. The van der Waals surface area contributed by atoms with Crippen molar-refractivity contribution in [3.8, 4) is 0 Å². The monoisotopic (exact) mass is 356 g/mol. The first kappa shape index (κ1) is 15.5. The van der Waals surface area contributed by atoms with Gasteiger partial charge in [-0.2, -0.15) is 5.10 Å². The smallest absolute Gasteiger partial charge is 0.0738 e. The predicted molar refractivity (Wildman–Crippen MR) is 85.6 cm³/mol. The number of hydrogen-bond donors (Lipinski definition) is 2. The fourth-order valence-electron chi connectivity index (χ4n) is 2.27. The maximum Gasteiger partial charge on any atom is 0.0738 e. The first-order valence-electron chi connectivity index (χ1n) is 6.34. The molecule has 0 aliphatic carbocycles. The first-order valence-corrected chi connectivity index (χ1v) is 7.51. The third-order valence-electron chi connectivity index (χ3n) is 3.39. The van der Waals surface area contributed by atoms with E-state index >= 15 is 0 Å². The lowest BCUT2D eigenvalue weighted by Gasteiger charge is -2.18. The molecule has 0 saturated carbocycles. The van der Waals surface area contributed by atoms with Crippen molar-refractivity contribution in [1.82, 2.24) is 15.2 Å². The molecule has 0 spiro atoms. The first-order chi connectivity index (χ1) is 9.43. The van der Waals surface area contributed by atoms with E-state index in [-0.39, 0.29) is 6.04 Å². The third kappa shape index (κ3) is 3.06. The summed E-state index contributed by atoms with van der Waals surface area (Å²) in [7, 11) is 1.93. The molecule has 108 valence electrons. The van der Waals surface area contributed by atoms with Crippen LogP contribution in [0, 0.1) is 13.8 Å². The summed E-state index contributed by atoms with van der Waals surface area (Å²) < 4.78 is 2.88. The van der Waals surface area contributed by atoms with Crippen LogP contribution in [0.5, 0.6) is 0 Å². The fraction of sp³-hybridized carbons (Fsp3) is 0.357. The molecule has 2 aromatic rings. The van der Waals surface area contributed by atoms with Crippen molar-refractivity contribution in [2.75, 3.05) is 0 Å². The van der Waals surface area contributed by atoms with Gasteiger partial charge in [0.1, 0.15) is 0 Å². The zero-order chi connectivity index (χ0) is 14.9. The van der Waals surface area contributed by atoms with Gasteiger partial charge in [0.15, 0.2) is 0 Å². The number of nitrogens with one attached hydrogen (secondary N) is 1. The number of aromatic nitrogens is 2. The minimum Gasteiger partial charge on any atom is -0.271 e. The Bertz CT molecular complexity index is 624. The second-order valence-corrected chi connectivity index (χ2v) is 6.12. The summed E-state index contributed by atoms with van der Waals surface area (Å²) in [6.45, 7) is 3.99. The fourth-order valence-corrected chi connectivity index (χ4v) is 3.13. The number of rotatable bonds is 4. The van der Waals surface area contributed by atoms with Crippen LogP contribution in [-0.2, 0) is 13.5 Å².